The number of ether oxygens (including phenoxy) is 2. The predicted octanol–water partition coefficient (Wildman–Crippen LogP) is 4.97. The fraction of sp³-hybridized carbons (Fsp3) is 0.167. The molecule has 31 heavy (non-hydrogen) atoms. The van der Waals surface area contributed by atoms with E-state index in [0.717, 1.165) is 5.56 Å². The summed E-state index contributed by atoms with van der Waals surface area (Å²) in [4.78, 5) is 24.4. The van der Waals surface area contributed by atoms with E-state index >= 15 is 4.39 Å². The molecule has 7 heteroatoms. The van der Waals surface area contributed by atoms with Gasteiger partial charge in [-0.15, -0.1) is 0 Å². The molecule has 0 spiro atoms. The maximum atomic E-state index is 15.2. The molecule has 0 radical (unpaired) electrons. The topological polar surface area (TPSA) is 72.8 Å². The maximum Gasteiger partial charge on any atom is 0.347 e. The summed E-state index contributed by atoms with van der Waals surface area (Å²) in [6, 6.07) is 17.6. The Morgan fingerprint density at radius 2 is 1.74 bits per heavy atom. The summed E-state index contributed by atoms with van der Waals surface area (Å²) in [5.74, 6) is -2.37. The Labute approximate surface area is 187 Å². The third-order valence-corrected chi connectivity index (χ3v) is 5.51. The molecule has 160 valence electrons. The van der Waals surface area contributed by atoms with Crippen LogP contribution in [-0.2, 0) is 11.4 Å². The first-order valence-corrected chi connectivity index (χ1v) is 10.3. The van der Waals surface area contributed by atoms with E-state index in [9.17, 15) is 14.7 Å². The molecule has 0 aromatic heterocycles. The molecule has 0 aliphatic rings. The number of hydrogen-bond donors (Lipinski definition) is 1. The van der Waals surface area contributed by atoms with Crippen molar-refractivity contribution in [2.24, 2.45) is 0 Å². The van der Waals surface area contributed by atoms with Crippen LogP contribution in [0.3, 0.4) is 0 Å². The normalized spacial score (nSPS) is 11.6. The van der Waals surface area contributed by atoms with Crippen LogP contribution in [0.2, 0.25) is 0 Å². The van der Waals surface area contributed by atoms with Crippen LogP contribution in [0.4, 0.5) is 4.39 Å². The fourth-order valence-corrected chi connectivity index (χ4v) is 3.88. The quantitative estimate of drug-likeness (QED) is 0.276. The van der Waals surface area contributed by atoms with E-state index in [1.165, 1.54) is 6.92 Å². The second-order valence-electron chi connectivity index (χ2n) is 6.77. The van der Waals surface area contributed by atoms with E-state index in [-0.39, 0.29) is 33.5 Å². The van der Waals surface area contributed by atoms with E-state index in [0.29, 0.717) is 12.0 Å². The first-order chi connectivity index (χ1) is 15.0. The van der Waals surface area contributed by atoms with Crippen molar-refractivity contribution in [3.05, 3.63) is 93.2 Å². The molecule has 0 heterocycles. The summed E-state index contributed by atoms with van der Waals surface area (Å²) in [6.07, 6.45) is 0.450. The number of hydrogen-bond acceptors (Lipinski definition) is 5. The Kier molecular flexibility index (Phi) is 7.55. The molecule has 3 rings (SSSR count). The minimum absolute atomic E-state index is 0.0394. The molecule has 1 N–H and O–H groups in total. The number of aliphatic hydroxyl groups excluding tert-OH is 1. The predicted molar refractivity (Wildman–Crippen MR) is 117 cm³/mol. The first-order valence-electron chi connectivity index (χ1n) is 9.49. The number of carbonyl (C=O) groups excluding carboxylic acids is 2. The molecule has 3 aromatic carbocycles. The van der Waals surface area contributed by atoms with Crippen molar-refractivity contribution in [2.45, 2.75) is 19.4 Å². The number of esters is 1. The lowest BCUT2D eigenvalue weighted by molar-refractivity contribution is -0.109. The summed E-state index contributed by atoms with van der Waals surface area (Å²) >= 11 is 3.28. The average molecular weight is 487 g/mol. The van der Waals surface area contributed by atoms with Gasteiger partial charge in [0.1, 0.15) is 35.8 Å². The van der Waals surface area contributed by atoms with Crippen LogP contribution in [0.5, 0.6) is 11.5 Å². The molecule has 0 fully saturated rings. The van der Waals surface area contributed by atoms with Crippen LogP contribution in [-0.4, -0.2) is 24.0 Å². The molecule has 0 aliphatic heterocycles. The first kappa shape index (κ1) is 22.7. The number of aliphatic hydroxyl groups is 1. The lowest BCUT2D eigenvalue weighted by atomic mass is 9.94. The molecular weight excluding hydrogens is 467 g/mol. The van der Waals surface area contributed by atoms with Crippen LogP contribution in [0, 0.1) is 12.7 Å². The molecule has 0 amide bonds. The van der Waals surface area contributed by atoms with Gasteiger partial charge >= 0.3 is 5.97 Å². The zero-order valence-corrected chi connectivity index (χ0v) is 18.3. The van der Waals surface area contributed by atoms with Crippen molar-refractivity contribution in [2.75, 3.05) is 6.61 Å². The highest BCUT2D eigenvalue weighted by molar-refractivity contribution is 9.10. The summed E-state index contributed by atoms with van der Waals surface area (Å²) in [5.41, 5.74) is 0.613. The Hall–Kier alpha value is -3.03. The number of para-hydroxylation sites is 1. The number of carbonyl (C=O) groups is 2. The van der Waals surface area contributed by atoms with Gasteiger partial charge in [0.2, 0.25) is 0 Å². The smallest absolute Gasteiger partial charge is 0.347 e. The minimum atomic E-state index is -1.12. The molecule has 0 aliphatic carbocycles. The molecule has 0 bridgehead atoms. The van der Waals surface area contributed by atoms with Gasteiger partial charge in [-0.1, -0.05) is 48.5 Å². The van der Waals surface area contributed by atoms with Gasteiger partial charge in [-0.25, -0.2) is 9.18 Å². The van der Waals surface area contributed by atoms with Gasteiger partial charge in [0.15, 0.2) is 0 Å². The molecule has 5 nitrogen and oxygen atoms in total. The van der Waals surface area contributed by atoms with Crippen molar-refractivity contribution in [1.29, 1.82) is 0 Å². The Balaban J connectivity index is 2.10. The molecular formula is C24H20BrFO5. The molecule has 1 atom stereocenters. The molecule has 1 unspecified atom stereocenters. The van der Waals surface area contributed by atoms with E-state index in [1.807, 2.05) is 30.3 Å². The Morgan fingerprint density at radius 1 is 1.13 bits per heavy atom. The average Bonchev–Trinajstić information content (AvgIpc) is 2.79. The largest absolute Gasteiger partial charge is 0.487 e. The number of rotatable bonds is 8. The van der Waals surface area contributed by atoms with Gasteiger partial charge in [-0.3, -0.25) is 0 Å². The molecule has 0 saturated heterocycles. The SMILES string of the molecule is Cc1c(F)c(C(C=O)CO)c(Br)c(OCc2ccccc2)c1C(=O)Oc1ccccc1. The van der Waals surface area contributed by atoms with Gasteiger partial charge in [0.05, 0.1) is 17.0 Å². The lowest BCUT2D eigenvalue weighted by Crippen LogP contribution is -2.18. The number of aldehydes is 1. The highest BCUT2D eigenvalue weighted by atomic mass is 79.9. The van der Waals surface area contributed by atoms with Gasteiger partial charge < -0.3 is 19.4 Å². The second kappa shape index (κ2) is 10.3. The highest BCUT2D eigenvalue weighted by Gasteiger charge is 2.30. The van der Waals surface area contributed by atoms with Crippen molar-refractivity contribution >= 4 is 28.2 Å². The fourth-order valence-electron chi connectivity index (χ4n) is 3.10. The van der Waals surface area contributed by atoms with E-state index in [2.05, 4.69) is 15.9 Å². The number of benzene rings is 3. The highest BCUT2D eigenvalue weighted by Crippen LogP contribution is 2.41. The minimum Gasteiger partial charge on any atom is -0.487 e. The van der Waals surface area contributed by atoms with Crippen molar-refractivity contribution in [1.82, 2.24) is 0 Å². The van der Waals surface area contributed by atoms with Crippen molar-refractivity contribution < 1.29 is 28.6 Å². The van der Waals surface area contributed by atoms with E-state index < -0.39 is 24.3 Å². The van der Waals surface area contributed by atoms with Gasteiger partial charge in [-0.2, -0.15) is 0 Å². The van der Waals surface area contributed by atoms with E-state index in [1.54, 1.807) is 30.3 Å². The van der Waals surface area contributed by atoms with E-state index in [4.69, 9.17) is 9.47 Å². The second-order valence-corrected chi connectivity index (χ2v) is 7.57. The van der Waals surface area contributed by atoms with Gasteiger partial charge in [0.25, 0.3) is 0 Å². The van der Waals surface area contributed by atoms with Crippen molar-refractivity contribution in [3.63, 3.8) is 0 Å². The number of halogens is 2. The Morgan fingerprint density at radius 3 is 2.32 bits per heavy atom. The van der Waals surface area contributed by atoms with Crippen LogP contribution in [0.15, 0.2) is 65.1 Å². The molecule has 3 aromatic rings. The van der Waals surface area contributed by atoms with Crippen molar-refractivity contribution in [3.8, 4) is 11.5 Å². The summed E-state index contributed by atoms with van der Waals surface area (Å²) in [7, 11) is 0. The van der Waals surface area contributed by atoms with Crippen LogP contribution < -0.4 is 9.47 Å². The Bertz CT molecular complexity index is 1070. The van der Waals surface area contributed by atoms with Gasteiger partial charge in [-0.05, 0) is 40.5 Å². The van der Waals surface area contributed by atoms with Crippen LogP contribution in [0.25, 0.3) is 0 Å². The maximum absolute atomic E-state index is 15.2. The molecule has 0 saturated carbocycles. The lowest BCUT2D eigenvalue weighted by Gasteiger charge is -2.21. The van der Waals surface area contributed by atoms with Crippen LogP contribution in [0.1, 0.15) is 33.0 Å². The monoisotopic (exact) mass is 486 g/mol. The van der Waals surface area contributed by atoms with Crippen LogP contribution >= 0.6 is 15.9 Å². The zero-order chi connectivity index (χ0) is 22.4. The van der Waals surface area contributed by atoms with Gasteiger partial charge in [0, 0.05) is 11.1 Å². The third kappa shape index (κ3) is 5.00. The standard InChI is InChI=1S/C24H20BrFO5/c1-15-19(24(29)31-18-10-6-3-7-11-18)23(30-14-16-8-4-2-5-9-16)21(25)20(22(15)26)17(12-27)13-28/h2-12,17,28H,13-14H2,1H3. The summed E-state index contributed by atoms with van der Waals surface area (Å²) in [5, 5.41) is 9.54. The summed E-state index contributed by atoms with van der Waals surface area (Å²) in [6.45, 7) is 0.909. The zero-order valence-electron chi connectivity index (χ0n) is 16.7. The third-order valence-electron chi connectivity index (χ3n) is 4.72. The summed E-state index contributed by atoms with van der Waals surface area (Å²) < 4.78 is 26.6.